The Morgan fingerprint density at radius 1 is 1.07 bits per heavy atom. The number of thioether (sulfide) groups is 1. The van der Waals surface area contributed by atoms with Gasteiger partial charge in [0, 0.05) is 16.1 Å². The van der Waals surface area contributed by atoms with Gasteiger partial charge >= 0.3 is 0 Å². The van der Waals surface area contributed by atoms with Crippen molar-refractivity contribution in [1.29, 1.82) is 0 Å². The van der Waals surface area contributed by atoms with Crippen molar-refractivity contribution in [1.82, 2.24) is 10.2 Å². The Morgan fingerprint density at radius 2 is 1.76 bits per heavy atom. The van der Waals surface area contributed by atoms with Crippen LogP contribution in [0.15, 0.2) is 46.0 Å². The highest BCUT2D eigenvalue weighted by Crippen LogP contribution is 2.41. The lowest BCUT2D eigenvalue weighted by atomic mass is 10.1. The summed E-state index contributed by atoms with van der Waals surface area (Å²) < 4.78 is 21.7. The van der Waals surface area contributed by atoms with Gasteiger partial charge in [-0.05, 0) is 31.2 Å². The van der Waals surface area contributed by atoms with Crippen LogP contribution in [0, 0.1) is 0 Å². The number of halogens is 1. The number of aromatic nitrogens is 2. The molecule has 0 aliphatic carbocycles. The third-order valence-electron chi connectivity index (χ3n) is 4.07. The van der Waals surface area contributed by atoms with Gasteiger partial charge in [-0.3, -0.25) is 4.79 Å². The van der Waals surface area contributed by atoms with Crippen molar-refractivity contribution < 1.29 is 23.4 Å². The van der Waals surface area contributed by atoms with E-state index in [0.717, 1.165) is 0 Å². The molecule has 1 atom stereocenters. The van der Waals surface area contributed by atoms with Gasteiger partial charge in [0.25, 0.3) is 5.22 Å². The van der Waals surface area contributed by atoms with Crippen molar-refractivity contribution in [2.45, 2.75) is 17.4 Å². The van der Waals surface area contributed by atoms with E-state index in [1.54, 1.807) is 43.3 Å². The molecule has 0 aliphatic heterocycles. The molecule has 3 rings (SSSR count). The van der Waals surface area contributed by atoms with Gasteiger partial charge in [-0.15, -0.1) is 10.2 Å². The van der Waals surface area contributed by atoms with Crippen LogP contribution in [-0.4, -0.2) is 42.6 Å². The first-order valence-corrected chi connectivity index (χ1v) is 9.83. The molecule has 0 amide bonds. The molecule has 152 valence electrons. The number of ether oxygens (including phenoxy) is 3. The van der Waals surface area contributed by atoms with Crippen LogP contribution in [0.4, 0.5) is 0 Å². The molecule has 0 radical (unpaired) electrons. The fourth-order valence-corrected chi connectivity index (χ4v) is 3.61. The molecule has 1 aromatic heterocycles. The fourth-order valence-electron chi connectivity index (χ4n) is 2.66. The Morgan fingerprint density at radius 3 is 2.34 bits per heavy atom. The standard InChI is InChI=1S/C20H19ClN2O5S/c1-11(17(24)12-6-5-7-14(21)8-12)29-20-23-22-19(28-20)13-9-15(25-2)18(27-4)16(10-13)26-3/h5-11H,1-4H3. The minimum atomic E-state index is -0.429. The number of hydrogen-bond donors (Lipinski definition) is 0. The topological polar surface area (TPSA) is 83.7 Å². The largest absolute Gasteiger partial charge is 0.493 e. The van der Waals surface area contributed by atoms with E-state index < -0.39 is 5.25 Å². The molecule has 3 aromatic rings. The number of ketones is 1. The van der Waals surface area contributed by atoms with Crippen molar-refractivity contribution in [3.8, 4) is 28.7 Å². The number of Topliss-reactive ketones (excluding diaryl/α,β-unsaturated/α-hetero) is 1. The second-order valence-corrected chi connectivity index (χ2v) is 7.65. The number of nitrogens with zero attached hydrogens (tertiary/aromatic N) is 2. The summed E-state index contributed by atoms with van der Waals surface area (Å²) in [5.41, 5.74) is 1.13. The van der Waals surface area contributed by atoms with Crippen molar-refractivity contribution in [3.63, 3.8) is 0 Å². The average Bonchev–Trinajstić information content (AvgIpc) is 3.20. The average molecular weight is 435 g/mol. The molecular formula is C20H19ClN2O5S. The molecule has 1 heterocycles. The monoisotopic (exact) mass is 434 g/mol. The molecule has 0 saturated heterocycles. The lowest BCUT2D eigenvalue weighted by Crippen LogP contribution is -2.13. The summed E-state index contributed by atoms with van der Waals surface area (Å²) >= 11 is 7.14. The van der Waals surface area contributed by atoms with Crippen LogP contribution in [0.25, 0.3) is 11.5 Å². The third kappa shape index (κ3) is 4.65. The number of carbonyl (C=O) groups excluding carboxylic acids is 1. The Kier molecular flexibility index (Phi) is 6.66. The van der Waals surface area contributed by atoms with E-state index in [1.807, 2.05) is 0 Å². The van der Waals surface area contributed by atoms with Gasteiger partial charge in [-0.25, -0.2) is 0 Å². The summed E-state index contributed by atoms with van der Waals surface area (Å²) in [5, 5.41) is 8.46. The minimum Gasteiger partial charge on any atom is -0.493 e. The molecule has 29 heavy (non-hydrogen) atoms. The van der Waals surface area contributed by atoms with Crippen LogP contribution in [0.5, 0.6) is 17.2 Å². The summed E-state index contributed by atoms with van der Waals surface area (Å²) in [6, 6.07) is 10.2. The molecule has 0 spiro atoms. The second-order valence-electron chi connectivity index (χ2n) is 5.92. The molecule has 0 fully saturated rings. The highest BCUT2D eigenvalue weighted by Gasteiger charge is 2.22. The van der Waals surface area contributed by atoms with Crippen molar-refractivity contribution in [2.75, 3.05) is 21.3 Å². The predicted octanol–water partition coefficient (Wildman–Crippen LogP) is 4.78. The van der Waals surface area contributed by atoms with Gasteiger partial charge in [-0.2, -0.15) is 0 Å². The van der Waals surface area contributed by atoms with Crippen LogP contribution >= 0.6 is 23.4 Å². The smallest absolute Gasteiger partial charge is 0.277 e. The third-order valence-corrected chi connectivity index (χ3v) is 5.24. The van der Waals surface area contributed by atoms with Gasteiger partial charge in [0.1, 0.15) is 0 Å². The Balaban J connectivity index is 1.81. The molecule has 9 heteroatoms. The second kappa shape index (κ2) is 9.19. The highest BCUT2D eigenvalue weighted by molar-refractivity contribution is 8.00. The van der Waals surface area contributed by atoms with Gasteiger partial charge in [-0.1, -0.05) is 35.5 Å². The SMILES string of the molecule is COc1cc(-c2nnc(SC(C)C(=O)c3cccc(Cl)c3)o2)cc(OC)c1OC. The summed E-state index contributed by atoms with van der Waals surface area (Å²) in [6.45, 7) is 1.78. The number of benzene rings is 2. The van der Waals surface area contributed by atoms with E-state index in [0.29, 0.717) is 33.4 Å². The van der Waals surface area contributed by atoms with Crippen molar-refractivity contribution in [2.24, 2.45) is 0 Å². The van der Waals surface area contributed by atoms with Crippen LogP contribution in [0.3, 0.4) is 0 Å². The molecular weight excluding hydrogens is 416 g/mol. The number of carbonyl (C=O) groups is 1. The van der Waals surface area contributed by atoms with Crippen LogP contribution in [-0.2, 0) is 0 Å². The summed E-state index contributed by atoms with van der Waals surface area (Å²) in [6.07, 6.45) is 0. The first-order valence-electron chi connectivity index (χ1n) is 8.57. The van der Waals surface area contributed by atoms with E-state index in [2.05, 4.69) is 10.2 Å². The Bertz CT molecular complexity index is 999. The molecule has 1 unspecified atom stereocenters. The van der Waals surface area contributed by atoms with Crippen LogP contribution < -0.4 is 14.2 Å². The zero-order valence-corrected chi connectivity index (χ0v) is 17.8. The molecule has 0 saturated carbocycles. The van der Waals surface area contributed by atoms with Crippen molar-refractivity contribution in [3.05, 3.63) is 47.0 Å². The van der Waals surface area contributed by atoms with E-state index in [4.69, 9.17) is 30.2 Å². The van der Waals surface area contributed by atoms with E-state index in [1.165, 1.54) is 33.1 Å². The minimum absolute atomic E-state index is 0.0787. The van der Waals surface area contributed by atoms with E-state index in [-0.39, 0.29) is 16.9 Å². The highest BCUT2D eigenvalue weighted by atomic mass is 35.5. The quantitative estimate of drug-likeness (QED) is 0.370. The maximum absolute atomic E-state index is 12.6. The zero-order chi connectivity index (χ0) is 21.0. The van der Waals surface area contributed by atoms with Crippen molar-refractivity contribution >= 4 is 29.1 Å². The molecule has 7 nitrogen and oxygen atoms in total. The first-order chi connectivity index (χ1) is 14.0. The Labute approximate surface area is 177 Å². The van der Waals surface area contributed by atoms with Crippen LogP contribution in [0.2, 0.25) is 5.02 Å². The molecule has 2 aromatic carbocycles. The van der Waals surface area contributed by atoms with Gasteiger partial charge in [0.05, 0.1) is 26.6 Å². The number of hydrogen-bond acceptors (Lipinski definition) is 8. The van der Waals surface area contributed by atoms with Gasteiger partial charge in [0.2, 0.25) is 11.6 Å². The number of rotatable bonds is 8. The molecule has 0 bridgehead atoms. The lowest BCUT2D eigenvalue weighted by Gasteiger charge is -2.12. The number of methoxy groups -OCH3 is 3. The molecule has 0 aliphatic rings. The van der Waals surface area contributed by atoms with Gasteiger partial charge < -0.3 is 18.6 Å². The summed E-state index contributed by atoms with van der Waals surface area (Å²) in [5.74, 6) is 1.60. The lowest BCUT2D eigenvalue weighted by molar-refractivity contribution is 0.0993. The van der Waals surface area contributed by atoms with E-state index in [9.17, 15) is 4.79 Å². The predicted molar refractivity (Wildman–Crippen MR) is 110 cm³/mol. The maximum atomic E-state index is 12.6. The summed E-state index contributed by atoms with van der Waals surface area (Å²) in [4.78, 5) is 12.6. The van der Waals surface area contributed by atoms with E-state index >= 15 is 0 Å². The molecule has 0 N–H and O–H groups in total. The summed E-state index contributed by atoms with van der Waals surface area (Å²) in [7, 11) is 4.58. The zero-order valence-electron chi connectivity index (χ0n) is 16.3. The first kappa shape index (κ1) is 21.0. The normalized spacial score (nSPS) is 11.8. The van der Waals surface area contributed by atoms with Gasteiger partial charge in [0.15, 0.2) is 17.3 Å². The maximum Gasteiger partial charge on any atom is 0.277 e. The Hall–Kier alpha value is -2.71. The van der Waals surface area contributed by atoms with Crippen LogP contribution in [0.1, 0.15) is 17.3 Å². The fraction of sp³-hybridized carbons (Fsp3) is 0.250.